The first kappa shape index (κ1) is 33.0. The number of hydrogen-bond acceptors (Lipinski definition) is 4. The van der Waals surface area contributed by atoms with E-state index in [0.717, 1.165) is 12.8 Å². The van der Waals surface area contributed by atoms with Gasteiger partial charge in [0.05, 0.1) is 6.61 Å². The van der Waals surface area contributed by atoms with Gasteiger partial charge >= 0.3 is 11.9 Å². The van der Waals surface area contributed by atoms with Crippen LogP contribution in [-0.4, -0.2) is 24.6 Å². The van der Waals surface area contributed by atoms with Gasteiger partial charge in [0.2, 0.25) is 0 Å². The summed E-state index contributed by atoms with van der Waals surface area (Å²) in [5, 5.41) is 0. The molecule has 0 aromatic carbocycles. The number of rotatable bonds is 4. The van der Waals surface area contributed by atoms with Crippen molar-refractivity contribution in [3.63, 3.8) is 0 Å². The first-order valence-corrected chi connectivity index (χ1v) is 22.0. The van der Waals surface area contributed by atoms with E-state index in [9.17, 15) is 9.59 Å². The molecular weight excluding hydrogens is 726 g/mol. The second-order valence-electron chi connectivity index (χ2n) is 15.8. The molecule has 0 aliphatic heterocycles. The molecule has 0 radical (unpaired) electrons. The van der Waals surface area contributed by atoms with Gasteiger partial charge in [-0.25, -0.2) is 0 Å². The summed E-state index contributed by atoms with van der Waals surface area (Å²) in [6, 6.07) is 0. The zero-order valence-electron chi connectivity index (χ0n) is 26.3. The predicted octanol–water partition coefficient (Wildman–Crippen LogP) is 9.91. The Labute approximate surface area is 267 Å². The average molecular weight is 781 g/mol. The minimum atomic E-state index is -0.140. The van der Waals surface area contributed by atoms with Gasteiger partial charge in [-0.05, 0) is 117 Å². The van der Waals surface area contributed by atoms with Crippen LogP contribution in [0.25, 0.3) is 0 Å². The van der Waals surface area contributed by atoms with E-state index in [1.807, 2.05) is 0 Å². The Balaban J connectivity index is 0.00000181. The summed E-state index contributed by atoms with van der Waals surface area (Å²) in [4.78, 5) is 23.8. The number of hydrogen-bond donors (Lipinski definition) is 0. The Morgan fingerprint density at radius 3 is 2.05 bits per heavy atom. The molecule has 40 heavy (non-hydrogen) atoms. The number of esters is 2. The molecule has 4 nitrogen and oxygen atoms in total. The van der Waals surface area contributed by atoms with E-state index >= 15 is 0 Å². The van der Waals surface area contributed by atoms with Gasteiger partial charge in [-0.1, -0.05) is 46.8 Å². The van der Waals surface area contributed by atoms with Crippen LogP contribution in [0.15, 0.2) is 12.2 Å². The van der Waals surface area contributed by atoms with Gasteiger partial charge in [0.25, 0.3) is 0 Å². The third-order valence-electron chi connectivity index (χ3n) is 14.0. The molecule has 5 fully saturated rings. The maximum absolute atomic E-state index is 11.9. The Morgan fingerprint density at radius 1 is 0.775 bits per heavy atom. The quantitative estimate of drug-likeness (QED) is 0.162. The van der Waals surface area contributed by atoms with Gasteiger partial charge in [-0.3, -0.25) is 9.59 Å². The summed E-state index contributed by atoms with van der Waals surface area (Å²) in [5.74, 6) is 2.76. The minimum Gasteiger partial charge on any atom is -0.465 e. The number of allylic oxidation sites excluding steroid dienone is 1. The van der Waals surface area contributed by atoms with Gasteiger partial charge in [-0.15, -0.1) is 0 Å². The molecule has 5 rings (SSSR count). The lowest BCUT2D eigenvalue weighted by molar-refractivity contribution is -0.252. The Kier molecular flexibility index (Phi) is 9.56. The van der Waals surface area contributed by atoms with Crippen LogP contribution in [0.5, 0.6) is 0 Å². The van der Waals surface area contributed by atoms with Crippen LogP contribution < -0.4 is 0 Å². The van der Waals surface area contributed by atoms with Gasteiger partial charge in [0.1, 0.15) is 6.10 Å². The molecule has 228 valence electrons. The molecule has 5 aliphatic carbocycles. The first-order chi connectivity index (χ1) is 18.6. The summed E-state index contributed by atoms with van der Waals surface area (Å²) < 4.78 is 11.7. The summed E-state index contributed by atoms with van der Waals surface area (Å²) in [6.07, 6.45) is 12.0. The van der Waals surface area contributed by atoms with Crippen molar-refractivity contribution in [1.29, 1.82) is 0 Å². The summed E-state index contributed by atoms with van der Waals surface area (Å²) in [5.41, 5.74) is 2.30. The van der Waals surface area contributed by atoms with Crippen molar-refractivity contribution in [1.82, 2.24) is 0 Å². The molecule has 6 heteroatoms. The molecule has 5 aliphatic rings. The highest BCUT2D eigenvalue weighted by Gasteiger charge is 2.71. The monoisotopic (exact) mass is 780 g/mol. The molecular formula is C34H54I2O4. The third kappa shape index (κ3) is 4.95. The van der Waals surface area contributed by atoms with E-state index < -0.39 is 0 Å². The largest absolute Gasteiger partial charge is 0.465 e. The number of carbonyl (C=O) groups is 2. The number of fused-ring (bicyclic) bond motifs is 7. The average Bonchev–Trinajstić information content (AvgIpc) is 3.26. The van der Waals surface area contributed by atoms with E-state index in [-0.39, 0.29) is 39.7 Å². The van der Waals surface area contributed by atoms with Crippen molar-refractivity contribution in [2.75, 3.05) is 6.61 Å². The second-order valence-corrected chi connectivity index (χ2v) is 15.8. The van der Waals surface area contributed by atoms with Crippen molar-refractivity contribution in [3.05, 3.63) is 12.2 Å². The molecule has 0 spiro atoms. The maximum Gasteiger partial charge on any atom is 0.302 e. The van der Waals surface area contributed by atoms with Crippen molar-refractivity contribution < 1.29 is 19.1 Å². The Bertz CT molecular complexity index is 1010. The van der Waals surface area contributed by atoms with Gasteiger partial charge in [0, 0.05) is 61.9 Å². The summed E-state index contributed by atoms with van der Waals surface area (Å²) in [7, 11) is 0. The highest BCUT2D eigenvalue weighted by Crippen LogP contribution is 2.77. The van der Waals surface area contributed by atoms with Crippen molar-refractivity contribution >= 4 is 49.2 Å². The van der Waals surface area contributed by atoms with Crippen LogP contribution >= 0.6 is 37.2 Å². The van der Waals surface area contributed by atoms with Crippen molar-refractivity contribution in [2.24, 2.45) is 56.7 Å². The lowest BCUT2D eigenvalue weighted by atomic mass is 9.32. The normalized spacial score (nSPS) is 46.8. The van der Waals surface area contributed by atoms with E-state index in [1.54, 1.807) is 13.8 Å². The van der Waals surface area contributed by atoms with Crippen LogP contribution in [-0.2, 0) is 19.1 Å². The highest BCUT2D eigenvalue weighted by atomic mass is 128. The van der Waals surface area contributed by atoms with Gasteiger partial charge < -0.3 is 9.47 Å². The van der Waals surface area contributed by atoms with E-state index in [2.05, 4.69) is 85.4 Å². The van der Waals surface area contributed by atoms with Gasteiger partial charge in [-0.2, -0.15) is 0 Å². The lowest BCUT2D eigenvalue weighted by Gasteiger charge is -2.73. The molecule has 7 unspecified atom stereocenters. The molecule has 0 heterocycles. The fraction of sp³-hybridized carbons (Fsp3) is 0.882. The van der Waals surface area contributed by atoms with Crippen LogP contribution in [0.3, 0.4) is 0 Å². The molecule has 0 saturated heterocycles. The maximum atomic E-state index is 11.9. The second kappa shape index (κ2) is 11.6. The van der Waals surface area contributed by atoms with E-state index in [0.29, 0.717) is 41.6 Å². The predicted molar refractivity (Wildman–Crippen MR) is 179 cm³/mol. The molecule has 0 N–H and O–H groups in total. The Hall–Kier alpha value is 0.140. The van der Waals surface area contributed by atoms with Gasteiger partial charge in [0.15, 0.2) is 0 Å². The van der Waals surface area contributed by atoms with Crippen LogP contribution in [0, 0.1) is 56.7 Å². The van der Waals surface area contributed by atoms with Crippen LogP contribution in [0.4, 0.5) is 0 Å². The zero-order chi connectivity index (χ0) is 29.9. The fourth-order valence-electron chi connectivity index (χ4n) is 12.2. The molecule has 0 aromatic rings. The summed E-state index contributed by atoms with van der Waals surface area (Å²) >= 11 is 4.24. The third-order valence-corrected chi connectivity index (χ3v) is 14.0. The highest BCUT2D eigenvalue weighted by molar-refractivity contribution is 15.0. The molecule has 0 bridgehead atoms. The van der Waals surface area contributed by atoms with E-state index in [4.69, 9.17) is 9.47 Å². The van der Waals surface area contributed by atoms with Crippen molar-refractivity contribution in [3.8, 4) is 0 Å². The van der Waals surface area contributed by atoms with Crippen molar-refractivity contribution in [2.45, 2.75) is 126 Å². The summed E-state index contributed by atoms with van der Waals surface area (Å²) in [6.45, 7) is 23.1. The molecule has 5 saturated carbocycles. The van der Waals surface area contributed by atoms with E-state index in [1.165, 1.54) is 56.9 Å². The van der Waals surface area contributed by atoms with Crippen LogP contribution in [0.1, 0.15) is 120 Å². The fourth-order valence-corrected chi connectivity index (χ4v) is 12.2. The standard InChI is InChI=1S/C34H54O4.I2/c1-21(2)24-12-17-34(20-37-22(3)35)19-18-32(8)25(29(24)34)10-11-27-31(7)15-14-28(38-23(4)36)30(5,6)26(31)13-16-33(27,32)9;1-2/h24-29H,1,10-20H2,2-9H3;/t24?,25?,26?,27?,28?,29?,31-,32+,33+,34?;/m0./s1. The number of carbonyl (C=O) groups excluding carboxylic acids is 2. The Morgan fingerprint density at radius 2 is 1.45 bits per heavy atom. The number of ether oxygens (including phenoxy) is 2. The molecule has 10 atom stereocenters. The number of halogens is 2. The lowest BCUT2D eigenvalue weighted by Crippen LogP contribution is -2.67. The zero-order valence-corrected chi connectivity index (χ0v) is 30.7. The minimum absolute atomic E-state index is 0.00000109. The topological polar surface area (TPSA) is 52.6 Å². The first-order valence-electron chi connectivity index (χ1n) is 15.7. The molecule has 0 aromatic heterocycles. The molecule has 0 amide bonds. The van der Waals surface area contributed by atoms with Crippen LogP contribution in [0.2, 0.25) is 0 Å². The SMILES string of the molecule is C=C(C)C1CCC2(COC(C)=O)CC[C@]3(C)C(CCC4[C@@]5(C)CCC(OC(C)=O)C(C)(C)C5CC[C@]43C)C12.II. The smallest absolute Gasteiger partial charge is 0.302 e.